The second-order valence-electron chi connectivity index (χ2n) is 9.95. The van der Waals surface area contributed by atoms with Crippen LogP contribution in [0.15, 0.2) is 30.3 Å². The first-order valence-electron chi connectivity index (χ1n) is 12.2. The second-order valence-corrected chi connectivity index (χ2v) is 9.95. The van der Waals surface area contributed by atoms with Gasteiger partial charge in [-0.2, -0.15) is 0 Å². The van der Waals surface area contributed by atoms with Gasteiger partial charge in [0.25, 0.3) is 0 Å². The van der Waals surface area contributed by atoms with Gasteiger partial charge in [-0.1, -0.05) is 43.7 Å². The van der Waals surface area contributed by atoms with Crippen molar-refractivity contribution in [2.45, 2.75) is 107 Å². The van der Waals surface area contributed by atoms with Crippen LogP contribution in [0.4, 0.5) is 0 Å². The molecule has 1 saturated carbocycles. The molecule has 0 amide bonds. The van der Waals surface area contributed by atoms with Gasteiger partial charge in [-0.05, 0) is 45.2 Å². The van der Waals surface area contributed by atoms with Gasteiger partial charge in [0.1, 0.15) is 17.8 Å². The summed E-state index contributed by atoms with van der Waals surface area (Å²) in [6.07, 6.45) is -1.63. The van der Waals surface area contributed by atoms with E-state index in [2.05, 4.69) is 17.4 Å². The Bertz CT molecular complexity index is 781. The third-order valence-electron chi connectivity index (χ3n) is 7.78. The van der Waals surface area contributed by atoms with E-state index in [0.29, 0.717) is 19.3 Å². The van der Waals surface area contributed by atoms with Gasteiger partial charge in [0, 0.05) is 12.3 Å². The lowest BCUT2D eigenvalue weighted by Crippen LogP contribution is -2.78. The maximum atomic E-state index is 11.7. The molecule has 0 radical (unpaired) electrons. The molecule has 2 heterocycles. The number of unbranched alkanes of at least 4 members (excludes halogenated alkanes) is 1. The highest BCUT2D eigenvalue weighted by atomic mass is 16.8. The fraction of sp³-hybridized carbons (Fsp3) is 0.760. The van der Waals surface area contributed by atoms with Crippen LogP contribution in [-0.2, 0) is 20.6 Å². The van der Waals surface area contributed by atoms with Crippen molar-refractivity contribution in [1.82, 2.24) is 5.32 Å². The Balaban J connectivity index is 1.52. The average Bonchev–Trinajstić information content (AvgIpc) is 2.78. The van der Waals surface area contributed by atoms with E-state index in [1.54, 1.807) is 7.05 Å². The quantitative estimate of drug-likeness (QED) is 0.380. The molecule has 0 bridgehead atoms. The van der Waals surface area contributed by atoms with Gasteiger partial charge in [0.05, 0.1) is 24.4 Å². The minimum Gasteiger partial charge on any atom is -0.391 e. The lowest BCUT2D eigenvalue weighted by atomic mass is 9.73. The van der Waals surface area contributed by atoms with Crippen LogP contribution < -0.4 is 5.32 Å². The summed E-state index contributed by atoms with van der Waals surface area (Å²) in [6.45, 7) is 3.73. The minimum absolute atomic E-state index is 0.193. The van der Waals surface area contributed by atoms with Crippen molar-refractivity contribution < 1.29 is 34.6 Å². The van der Waals surface area contributed by atoms with Crippen molar-refractivity contribution in [3.63, 3.8) is 0 Å². The Morgan fingerprint density at radius 2 is 1.76 bits per heavy atom. The van der Waals surface area contributed by atoms with Gasteiger partial charge in [-0.3, -0.25) is 0 Å². The Morgan fingerprint density at radius 3 is 2.42 bits per heavy atom. The maximum absolute atomic E-state index is 11.7. The molecule has 0 unspecified atom stereocenters. The van der Waals surface area contributed by atoms with E-state index >= 15 is 0 Å². The van der Waals surface area contributed by atoms with Gasteiger partial charge in [-0.25, -0.2) is 0 Å². The zero-order valence-electron chi connectivity index (χ0n) is 19.8. The molecule has 3 fully saturated rings. The lowest BCUT2D eigenvalue weighted by Gasteiger charge is -2.60. The largest absolute Gasteiger partial charge is 0.391 e. The number of ether oxygens (including phenoxy) is 3. The van der Waals surface area contributed by atoms with Gasteiger partial charge in [0.15, 0.2) is 0 Å². The maximum Gasteiger partial charge on any atom is 0.248 e. The zero-order chi connectivity index (χ0) is 23.8. The third kappa shape index (κ3) is 4.48. The second kappa shape index (κ2) is 9.87. The number of hydrogen-bond acceptors (Lipinski definition) is 8. The van der Waals surface area contributed by atoms with E-state index in [0.717, 1.165) is 12.8 Å². The third-order valence-corrected chi connectivity index (χ3v) is 7.78. The first-order valence-corrected chi connectivity index (χ1v) is 12.2. The normalized spacial score (nSPS) is 45.3. The average molecular weight is 466 g/mol. The summed E-state index contributed by atoms with van der Waals surface area (Å²) in [5.74, 6) is -2.52. The van der Waals surface area contributed by atoms with E-state index in [-0.39, 0.29) is 12.5 Å². The zero-order valence-corrected chi connectivity index (χ0v) is 19.8. The first kappa shape index (κ1) is 25.0. The fourth-order valence-corrected chi connectivity index (χ4v) is 5.93. The predicted molar refractivity (Wildman–Crippen MR) is 121 cm³/mol. The molecule has 1 aliphatic carbocycles. The Morgan fingerprint density at radius 1 is 1.03 bits per heavy atom. The number of aliphatic hydroxyl groups excluding tert-OH is 2. The molecule has 3 aliphatic rings. The number of benzene rings is 1. The van der Waals surface area contributed by atoms with Crippen molar-refractivity contribution in [3.8, 4) is 0 Å². The van der Waals surface area contributed by atoms with E-state index in [9.17, 15) is 20.4 Å². The van der Waals surface area contributed by atoms with Crippen LogP contribution in [0.3, 0.4) is 0 Å². The molecule has 2 aliphatic heterocycles. The summed E-state index contributed by atoms with van der Waals surface area (Å²) < 4.78 is 18.2. The van der Waals surface area contributed by atoms with Crippen LogP contribution in [0.1, 0.15) is 51.5 Å². The summed E-state index contributed by atoms with van der Waals surface area (Å²) in [6, 6.07) is 9.58. The molecule has 5 N–H and O–H groups in total. The van der Waals surface area contributed by atoms with Gasteiger partial charge < -0.3 is 40.0 Å². The van der Waals surface area contributed by atoms with Crippen molar-refractivity contribution in [2.75, 3.05) is 7.05 Å². The molecule has 4 rings (SSSR count). The Hall–Kier alpha value is -1.10. The molecule has 33 heavy (non-hydrogen) atoms. The van der Waals surface area contributed by atoms with Crippen LogP contribution in [0.2, 0.25) is 0 Å². The van der Waals surface area contributed by atoms with Crippen molar-refractivity contribution in [3.05, 3.63) is 35.9 Å². The van der Waals surface area contributed by atoms with Gasteiger partial charge in [0.2, 0.25) is 12.1 Å². The molecular weight excluding hydrogens is 426 g/mol. The van der Waals surface area contributed by atoms with E-state index in [1.807, 2.05) is 32.0 Å². The van der Waals surface area contributed by atoms with Crippen LogP contribution in [0.25, 0.3) is 0 Å². The van der Waals surface area contributed by atoms with E-state index in [1.165, 1.54) is 5.56 Å². The standard InChI is InChI=1S/C25H39NO7/c1-4-17-19(27)18(26-3)21-22(20(17)28)32-23-25(30,33-21)24(29,14-15(2)31-23)13-9-8-12-16-10-6-5-7-11-16/h5-7,10-11,15,17-23,26-30H,4,8-9,12-14H2,1-3H3/t15-,17-,18+,19+,20+,21-,22-,23+,24+,25-/m1/s1. The van der Waals surface area contributed by atoms with Crippen molar-refractivity contribution >= 4 is 0 Å². The summed E-state index contributed by atoms with van der Waals surface area (Å²) in [4.78, 5) is 0. The minimum atomic E-state index is -2.11. The number of hydrogen-bond donors (Lipinski definition) is 5. The Labute approximate surface area is 195 Å². The lowest BCUT2D eigenvalue weighted by molar-refractivity contribution is -0.485. The van der Waals surface area contributed by atoms with Gasteiger partial charge in [-0.15, -0.1) is 0 Å². The molecule has 8 nitrogen and oxygen atoms in total. The number of likely N-dealkylation sites (N-methyl/N-ethyl adjacent to an activating group) is 1. The van der Waals surface area contributed by atoms with Crippen LogP contribution >= 0.6 is 0 Å². The fourth-order valence-electron chi connectivity index (χ4n) is 5.93. The summed E-state index contributed by atoms with van der Waals surface area (Å²) in [7, 11) is 1.70. The number of rotatable bonds is 7. The number of nitrogens with one attached hydrogen (secondary N) is 1. The number of aryl methyl sites for hydroxylation is 1. The Kier molecular flexibility index (Phi) is 7.48. The summed E-state index contributed by atoms with van der Waals surface area (Å²) in [5, 5.41) is 48.2. The molecule has 2 saturated heterocycles. The molecule has 0 spiro atoms. The monoisotopic (exact) mass is 465 g/mol. The smallest absolute Gasteiger partial charge is 0.248 e. The molecule has 10 atom stereocenters. The number of aliphatic hydroxyl groups is 4. The van der Waals surface area contributed by atoms with Gasteiger partial charge >= 0.3 is 0 Å². The molecule has 1 aromatic carbocycles. The van der Waals surface area contributed by atoms with Crippen molar-refractivity contribution in [2.24, 2.45) is 5.92 Å². The van der Waals surface area contributed by atoms with Crippen molar-refractivity contribution in [1.29, 1.82) is 0 Å². The van der Waals surface area contributed by atoms with E-state index < -0.39 is 54.1 Å². The van der Waals surface area contributed by atoms with Crippen LogP contribution in [0, 0.1) is 5.92 Å². The topological polar surface area (TPSA) is 121 Å². The molecule has 8 heteroatoms. The predicted octanol–water partition coefficient (Wildman–Crippen LogP) is 1.09. The first-order chi connectivity index (χ1) is 15.7. The summed E-state index contributed by atoms with van der Waals surface area (Å²) >= 11 is 0. The molecule has 0 aromatic heterocycles. The van der Waals surface area contributed by atoms with Crippen LogP contribution in [-0.4, -0.2) is 81.7 Å². The highest BCUT2D eigenvalue weighted by Gasteiger charge is 2.68. The molecule has 1 aromatic rings. The van der Waals surface area contributed by atoms with E-state index in [4.69, 9.17) is 14.2 Å². The number of fused-ring (bicyclic) bond motifs is 2. The van der Waals surface area contributed by atoms with Crippen LogP contribution in [0.5, 0.6) is 0 Å². The molecule has 186 valence electrons. The SMILES string of the molecule is CC[C@@H]1[C@H](O)[C@H](NC)[C@H]2O[C@]3(O)[C@H](O[C@@H]2[C@H]1O)O[C@H](C)C[C@@]3(O)CCCCc1ccccc1. The highest BCUT2D eigenvalue weighted by Crippen LogP contribution is 2.49. The molecular formula is C25H39NO7. The summed E-state index contributed by atoms with van der Waals surface area (Å²) in [5.41, 5.74) is -0.360. The highest BCUT2D eigenvalue weighted by molar-refractivity contribution is 5.15.